The molecule has 3 aromatic carbocycles. The predicted molar refractivity (Wildman–Crippen MR) is 128 cm³/mol. The molecule has 2 heterocycles. The summed E-state index contributed by atoms with van der Waals surface area (Å²) in [4.78, 5) is 6.71. The number of aliphatic hydroxyl groups excluding tert-OH is 1. The van der Waals surface area contributed by atoms with E-state index < -0.39 is 6.10 Å². The summed E-state index contributed by atoms with van der Waals surface area (Å²) < 4.78 is 7.99. The van der Waals surface area contributed by atoms with Gasteiger partial charge < -0.3 is 14.4 Å². The maximum Gasteiger partial charge on any atom is 0.120 e. The van der Waals surface area contributed by atoms with E-state index in [2.05, 4.69) is 53.2 Å². The Morgan fingerprint density at radius 2 is 1.91 bits per heavy atom. The van der Waals surface area contributed by atoms with Crippen LogP contribution in [0.2, 0.25) is 0 Å². The Morgan fingerprint density at radius 3 is 2.81 bits per heavy atom. The van der Waals surface area contributed by atoms with Crippen molar-refractivity contribution in [3.8, 4) is 16.9 Å². The summed E-state index contributed by atoms with van der Waals surface area (Å²) in [6.07, 6.45) is 2.33. The van der Waals surface area contributed by atoms with Gasteiger partial charge in [0.1, 0.15) is 18.5 Å². The summed E-state index contributed by atoms with van der Waals surface area (Å²) >= 11 is 0. The number of nitrogens with zero attached hydrogens (tertiary/aromatic N) is 3. The molecule has 1 aliphatic heterocycles. The number of fused-ring (bicyclic) bond motifs is 2. The van der Waals surface area contributed by atoms with Crippen molar-refractivity contribution in [1.82, 2.24) is 14.5 Å². The molecule has 1 unspecified atom stereocenters. The molecule has 5 nitrogen and oxygen atoms in total. The highest BCUT2D eigenvalue weighted by Crippen LogP contribution is 2.27. The van der Waals surface area contributed by atoms with E-state index in [1.807, 2.05) is 42.2 Å². The summed E-state index contributed by atoms with van der Waals surface area (Å²) in [5.74, 6) is 0.770. The lowest BCUT2D eigenvalue weighted by Crippen LogP contribution is -2.39. The highest BCUT2D eigenvalue weighted by Gasteiger charge is 2.20. The fourth-order valence-electron chi connectivity index (χ4n) is 4.57. The van der Waals surface area contributed by atoms with E-state index in [-0.39, 0.29) is 6.61 Å². The van der Waals surface area contributed by atoms with Crippen molar-refractivity contribution in [2.24, 2.45) is 7.05 Å². The first-order valence-electron chi connectivity index (χ1n) is 11.2. The molecule has 1 aliphatic rings. The molecular formula is C27H29N3O2. The van der Waals surface area contributed by atoms with Crippen molar-refractivity contribution >= 4 is 11.0 Å². The third-order valence-corrected chi connectivity index (χ3v) is 6.39. The molecule has 0 fully saturated rings. The molecule has 0 saturated heterocycles. The SMILES string of the molecule is Cc1cccc2c1CN(CC(O)COc1cccc(-c3ccc4ncn(C)c4c3)c1)CC2. The van der Waals surface area contributed by atoms with Gasteiger partial charge in [0.15, 0.2) is 0 Å². The fourth-order valence-corrected chi connectivity index (χ4v) is 4.57. The van der Waals surface area contributed by atoms with Gasteiger partial charge in [0.25, 0.3) is 0 Å². The van der Waals surface area contributed by atoms with E-state index in [4.69, 9.17) is 4.74 Å². The lowest BCUT2D eigenvalue weighted by Gasteiger charge is -2.31. The second kappa shape index (κ2) is 8.77. The van der Waals surface area contributed by atoms with E-state index >= 15 is 0 Å². The highest BCUT2D eigenvalue weighted by atomic mass is 16.5. The molecular weight excluding hydrogens is 398 g/mol. The normalized spacial score (nSPS) is 15.0. The molecule has 1 aromatic heterocycles. The monoisotopic (exact) mass is 427 g/mol. The van der Waals surface area contributed by atoms with Gasteiger partial charge in [-0.05, 0) is 65.4 Å². The maximum absolute atomic E-state index is 10.6. The molecule has 0 spiro atoms. The van der Waals surface area contributed by atoms with Crippen LogP contribution in [0.5, 0.6) is 5.75 Å². The standard InChI is InChI=1S/C27H29N3O2/c1-19-5-3-6-20-11-12-30(16-25(19)20)15-23(31)17-32-24-8-4-7-21(13-24)22-9-10-26-27(14-22)29(2)18-28-26/h3-10,13-14,18,23,31H,11-12,15-17H2,1-2H3. The summed E-state index contributed by atoms with van der Waals surface area (Å²) in [5, 5.41) is 10.6. The number of imidazole rings is 1. The summed E-state index contributed by atoms with van der Waals surface area (Å²) in [5.41, 5.74) is 8.47. The van der Waals surface area contributed by atoms with Gasteiger partial charge in [-0.15, -0.1) is 0 Å². The quantitative estimate of drug-likeness (QED) is 0.497. The Morgan fingerprint density at radius 1 is 1.06 bits per heavy atom. The number of ether oxygens (including phenoxy) is 1. The van der Waals surface area contributed by atoms with Gasteiger partial charge in [0.05, 0.1) is 17.4 Å². The summed E-state index contributed by atoms with van der Waals surface area (Å²) in [7, 11) is 2.00. The average molecular weight is 428 g/mol. The van der Waals surface area contributed by atoms with Crippen molar-refractivity contribution in [3.05, 3.63) is 83.7 Å². The third-order valence-electron chi connectivity index (χ3n) is 6.39. The van der Waals surface area contributed by atoms with E-state index in [0.717, 1.165) is 47.4 Å². The zero-order chi connectivity index (χ0) is 22.1. The summed E-state index contributed by atoms with van der Waals surface area (Å²) in [6, 6.07) is 20.8. The van der Waals surface area contributed by atoms with Gasteiger partial charge in [0, 0.05) is 26.7 Å². The second-order valence-electron chi connectivity index (χ2n) is 8.75. The molecule has 164 valence electrons. The Kier molecular flexibility index (Phi) is 5.68. The van der Waals surface area contributed by atoms with Crippen LogP contribution in [0.25, 0.3) is 22.2 Å². The minimum absolute atomic E-state index is 0.279. The molecule has 32 heavy (non-hydrogen) atoms. The van der Waals surface area contributed by atoms with Crippen molar-refractivity contribution in [3.63, 3.8) is 0 Å². The minimum Gasteiger partial charge on any atom is -0.491 e. The van der Waals surface area contributed by atoms with Crippen molar-refractivity contribution in [1.29, 1.82) is 0 Å². The maximum atomic E-state index is 10.6. The number of aromatic nitrogens is 2. The largest absolute Gasteiger partial charge is 0.491 e. The zero-order valence-electron chi connectivity index (χ0n) is 18.7. The first-order valence-corrected chi connectivity index (χ1v) is 11.2. The average Bonchev–Trinajstić information content (AvgIpc) is 3.18. The van der Waals surface area contributed by atoms with Crippen LogP contribution in [0.15, 0.2) is 67.0 Å². The number of aliphatic hydroxyl groups is 1. The Balaban J connectivity index is 1.21. The molecule has 4 aromatic rings. The molecule has 1 N–H and O–H groups in total. The fraction of sp³-hybridized carbons (Fsp3) is 0.296. The van der Waals surface area contributed by atoms with E-state index in [0.29, 0.717) is 6.54 Å². The second-order valence-corrected chi connectivity index (χ2v) is 8.75. The van der Waals surface area contributed by atoms with Crippen LogP contribution in [0, 0.1) is 6.92 Å². The molecule has 1 atom stereocenters. The smallest absolute Gasteiger partial charge is 0.120 e. The summed E-state index contributed by atoms with van der Waals surface area (Å²) in [6.45, 7) is 4.93. The van der Waals surface area contributed by atoms with Crippen LogP contribution in [0.1, 0.15) is 16.7 Å². The molecule has 5 rings (SSSR count). The van der Waals surface area contributed by atoms with E-state index in [1.165, 1.54) is 16.7 Å². The van der Waals surface area contributed by atoms with Crippen LogP contribution in [-0.2, 0) is 20.0 Å². The van der Waals surface area contributed by atoms with Gasteiger partial charge in [-0.2, -0.15) is 0 Å². The Bertz CT molecular complexity index is 1250. The van der Waals surface area contributed by atoms with Gasteiger partial charge in [0.2, 0.25) is 0 Å². The van der Waals surface area contributed by atoms with E-state index in [1.54, 1.807) is 0 Å². The number of aryl methyl sites for hydroxylation is 2. The van der Waals surface area contributed by atoms with E-state index in [9.17, 15) is 5.11 Å². The van der Waals surface area contributed by atoms with Crippen molar-refractivity contribution in [2.45, 2.75) is 26.0 Å². The van der Waals surface area contributed by atoms with Crippen LogP contribution in [0.3, 0.4) is 0 Å². The molecule has 0 amide bonds. The van der Waals surface area contributed by atoms with Gasteiger partial charge in [-0.3, -0.25) is 4.90 Å². The van der Waals surface area contributed by atoms with Crippen molar-refractivity contribution in [2.75, 3.05) is 19.7 Å². The predicted octanol–water partition coefficient (Wildman–Crippen LogP) is 4.35. The molecule has 5 heteroatoms. The van der Waals surface area contributed by atoms with Crippen LogP contribution >= 0.6 is 0 Å². The first kappa shape index (κ1) is 20.7. The molecule has 0 radical (unpaired) electrons. The molecule has 0 saturated carbocycles. The molecule has 0 aliphatic carbocycles. The molecule has 0 bridgehead atoms. The topological polar surface area (TPSA) is 50.5 Å². The van der Waals surface area contributed by atoms with Gasteiger partial charge in [-0.25, -0.2) is 4.98 Å². The number of hydrogen-bond donors (Lipinski definition) is 1. The Hall–Kier alpha value is -3.15. The lowest BCUT2D eigenvalue weighted by atomic mass is 9.95. The number of benzene rings is 3. The van der Waals surface area contributed by atoms with Gasteiger partial charge in [-0.1, -0.05) is 36.4 Å². The third kappa shape index (κ3) is 4.27. The first-order chi connectivity index (χ1) is 15.6. The van der Waals surface area contributed by atoms with Crippen LogP contribution < -0.4 is 4.74 Å². The minimum atomic E-state index is -0.532. The highest BCUT2D eigenvalue weighted by molar-refractivity contribution is 5.82. The Labute approximate surface area is 188 Å². The van der Waals surface area contributed by atoms with Crippen molar-refractivity contribution < 1.29 is 9.84 Å². The van der Waals surface area contributed by atoms with Crippen LogP contribution in [-0.4, -0.2) is 45.4 Å². The number of rotatable bonds is 6. The zero-order valence-corrected chi connectivity index (χ0v) is 18.7. The lowest BCUT2D eigenvalue weighted by molar-refractivity contribution is 0.0637. The van der Waals surface area contributed by atoms with Crippen LogP contribution in [0.4, 0.5) is 0 Å². The number of hydrogen-bond acceptors (Lipinski definition) is 4. The van der Waals surface area contributed by atoms with Gasteiger partial charge >= 0.3 is 0 Å². The number of β-amino-alcohol motifs (C(OH)–C–C–N with tert-alkyl or cyclic N) is 1.